The van der Waals surface area contributed by atoms with Gasteiger partial charge in [0.15, 0.2) is 5.96 Å². The van der Waals surface area contributed by atoms with Gasteiger partial charge in [-0.3, -0.25) is 4.79 Å². The Morgan fingerprint density at radius 3 is 2.20 bits per heavy atom. The van der Waals surface area contributed by atoms with Crippen LogP contribution in [-0.2, 0) is 16.1 Å². The summed E-state index contributed by atoms with van der Waals surface area (Å²) in [7, 11) is 1.61. The highest BCUT2D eigenvalue weighted by molar-refractivity contribution is 14.0. The van der Waals surface area contributed by atoms with Gasteiger partial charge in [0.2, 0.25) is 5.91 Å². The van der Waals surface area contributed by atoms with Gasteiger partial charge in [-0.25, -0.2) is 9.79 Å². The quantitative estimate of drug-likeness (QED) is 0.340. The summed E-state index contributed by atoms with van der Waals surface area (Å²) in [4.78, 5) is 31.8. The Bertz CT molecular complexity index is 726. The van der Waals surface area contributed by atoms with E-state index in [9.17, 15) is 9.59 Å². The monoisotopic (exact) mass is 533 g/mol. The van der Waals surface area contributed by atoms with E-state index in [1.165, 1.54) is 0 Å². The van der Waals surface area contributed by atoms with Gasteiger partial charge in [0.25, 0.3) is 0 Å². The molecule has 2 amide bonds. The summed E-state index contributed by atoms with van der Waals surface area (Å²) in [5.41, 5.74) is 6.45. The second-order valence-electron chi connectivity index (χ2n) is 7.75. The van der Waals surface area contributed by atoms with Crippen molar-refractivity contribution in [1.82, 2.24) is 15.1 Å². The molecule has 30 heavy (non-hydrogen) atoms. The van der Waals surface area contributed by atoms with Crippen LogP contribution >= 0.6 is 24.0 Å². The number of hydrogen-bond donors (Lipinski definition) is 2. The van der Waals surface area contributed by atoms with Crippen molar-refractivity contribution in [2.45, 2.75) is 32.9 Å². The predicted molar refractivity (Wildman–Crippen MR) is 126 cm³/mol. The third-order valence-electron chi connectivity index (χ3n) is 4.29. The van der Waals surface area contributed by atoms with E-state index >= 15 is 0 Å². The fourth-order valence-corrected chi connectivity index (χ4v) is 2.70. The van der Waals surface area contributed by atoms with Crippen LogP contribution in [0.5, 0.6) is 5.75 Å². The largest absolute Gasteiger partial charge is 0.497 e. The second kappa shape index (κ2) is 11.8. The molecular formula is C20H32IN5O4. The Morgan fingerprint density at radius 2 is 1.67 bits per heavy atom. The van der Waals surface area contributed by atoms with Crippen LogP contribution in [0.2, 0.25) is 0 Å². The van der Waals surface area contributed by atoms with Gasteiger partial charge >= 0.3 is 6.09 Å². The van der Waals surface area contributed by atoms with Crippen LogP contribution in [0.3, 0.4) is 0 Å². The molecule has 1 aromatic rings. The van der Waals surface area contributed by atoms with Gasteiger partial charge in [-0.15, -0.1) is 24.0 Å². The molecule has 0 saturated carbocycles. The topological polar surface area (TPSA) is 109 Å². The maximum atomic E-state index is 12.1. The number of amides is 2. The molecule has 1 aromatic carbocycles. The minimum absolute atomic E-state index is 0. The molecule has 2 rings (SSSR count). The second-order valence-corrected chi connectivity index (χ2v) is 7.75. The lowest BCUT2D eigenvalue weighted by Gasteiger charge is -2.36. The summed E-state index contributed by atoms with van der Waals surface area (Å²) in [6.07, 6.45) is -0.328. The molecule has 168 valence electrons. The van der Waals surface area contributed by atoms with E-state index < -0.39 is 5.60 Å². The van der Waals surface area contributed by atoms with E-state index in [4.69, 9.17) is 15.2 Å². The van der Waals surface area contributed by atoms with Crippen molar-refractivity contribution >= 4 is 41.9 Å². The molecule has 0 atom stereocenters. The number of guanidine groups is 1. The first kappa shape index (κ1) is 25.8. The van der Waals surface area contributed by atoms with E-state index in [2.05, 4.69) is 10.3 Å². The van der Waals surface area contributed by atoms with Crippen molar-refractivity contribution in [1.29, 1.82) is 0 Å². The Balaban J connectivity index is 0.00000450. The van der Waals surface area contributed by atoms with Crippen LogP contribution in [0.25, 0.3) is 0 Å². The third kappa shape index (κ3) is 8.64. The van der Waals surface area contributed by atoms with Gasteiger partial charge in [0, 0.05) is 32.7 Å². The molecule has 0 bridgehead atoms. The van der Waals surface area contributed by atoms with E-state index in [1.54, 1.807) is 12.0 Å². The zero-order valence-corrected chi connectivity index (χ0v) is 20.3. The number of halogens is 1. The lowest BCUT2D eigenvalue weighted by molar-refractivity contribution is -0.119. The molecule has 9 nitrogen and oxygen atoms in total. The van der Waals surface area contributed by atoms with Crippen LogP contribution in [-0.4, -0.2) is 73.2 Å². The fourth-order valence-electron chi connectivity index (χ4n) is 2.70. The number of aliphatic imine (C=N–C) groups is 1. The minimum Gasteiger partial charge on any atom is -0.497 e. The van der Waals surface area contributed by atoms with E-state index in [1.807, 2.05) is 49.9 Å². The van der Waals surface area contributed by atoms with E-state index in [0.717, 1.165) is 11.3 Å². The first-order valence-electron chi connectivity index (χ1n) is 9.60. The van der Waals surface area contributed by atoms with Crippen molar-refractivity contribution in [3.05, 3.63) is 29.8 Å². The minimum atomic E-state index is -0.520. The standard InChI is InChI=1S/C20H31N5O4.HI/c1-20(2,3)29-19(27)25-11-9-24(10-12-25)18(21)23-14-17(26)22-13-15-5-7-16(28-4)8-6-15;/h5-8H,9-14H2,1-4H3,(H2,21,23)(H,22,26);1H. The molecular weight excluding hydrogens is 501 g/mol. The predicted octanol–water partition coefficient (Wildman–Crippen LogP) is 1.80. The fraction of sp³-hybridized carbons (Fsp3) is 0.550. The highest BCUT2D eigenvalue weighted by Crippen LogP contribution is 2.12. The smallest absolute Gasteiger partial charge is 0.410 e. The summed E-state index contributed by atoms with van der Waals surface area (Å²) in [6.45, 7) is 7.96. The highest BCUT2D eigenvalue weighted by Gasteiger charge is 2.26. The molecule has 0 radical (unpaired) electrons. The Morgan fingerprint density at radius 1 is 1.10 bits per heavy atom. The first-order chi connectivity index (χ1) is 13.7. The molecule has 1 fully saturated rings. The number of nitrogens with zero attached hydrogens (tertiary/aromatic N) is 3. The number of carbonyl (C=O) groups is 2. The maximum absolute atomic E-state index is 12.1. The van der Waals surface area contributed by atoms with Crippen LogP contribution in [0.4, 0.5) is 4.79 Å². The van der Waals surface area contributed by atoms with Crippen molar-refractivity contribution in [2.24, 2.45) is 10.7 Å². The Labute approximate surface area is 195 Å². The number of nitrogens with one attached hydrogen (secondary N) is 1. The normalized spacial score (nSPS) is 14.6. The van der Waals surface area contributed by atoms with Crippen molar-refractivity contribution < 1.29 is 19.1 Å². The molecule has 1 aliphatic rings. The third-order valence-corrected chi connectivity index (χ3v) is 4.29. The molecule has 0 spiro atoms. The van der Waals surface area contributed by atoms with E-state index in [0.29, 0.717) is 38.7 Å². The van der Waals surface area contributed by atoms with Gasteiger partial charge in [-0.05, 0) is 38.5 Å². The zero-order chi connectivity index (χ0) is 21.4. The summed E-state index contributed by atoms with van der Waals surface area (Å²) in [5.74, 6) is 0.855. The number of nitrogens with two attached hydrogens (primary N) is 1. The molecule has 1 aliphatic heterocycles. The zero-order valence-electron chi connectivity index (χ0n) is 18.0. The number of benzene rings is 1. The number of piperazine rings is 1. The molecule has 0 unspecified atom stereocenters. The van der Waals surface area contributed by atoms with Crippen LogP contribution in [0.15, 0.2) is 29.3 Å². The average molecular weight is 533 g/mol. The summed E-state index contributed by atoms with van der Waals surface area (Å²) >= 11 is 0. The maximum Gasteiger partial charge on any atom is 0.410 e. The summed E-state index contributed by atoms with van der Waals surface area (Å²) in [6, 6.07) is 7.46. The van der Waals surface area contributed by atoms with Gasteiger partial charge in [-0.2, -0.15) is 0 Å². The molecule has 0 aliphatic carbocycles. The number of hydrogen-bond acceptors (Lipinski definition) is 5. The van der Waals surface area contributed by atoms with Gasteiger partial charge in [0.1, 0.15) is 17.9 Å². The first-order valence-corrected chi connectivity index (χ1v) is 9.60. The van der Waals surface area contributed by atoms with Crippen LogP contribution < -0.4 is 15.8 Å². The van der Waals surface area contributed by atoms with E-state index in [-0.39, 0.29) is 42.5 Å². The van der Waals surface area contributed by atoms with Crippen molar-refractivity contribution in [3.63, 3.8) is 0 Å². The van der Waals surface area contributed by atoms with Crippen molar-refractivity contribution in [3.8, 4) is 5.75 Å². The van der Waals surface area contributed by atoms with Crippen LogP contribution in [0.1, 0.15) is 26.3 Å². The van der Waals surface area contributed by atoms with Gasteiger partial charge in [-0.1, -0.05) is 12.1 Å². The van der Waals surface area contributed by atoms with Gasteiger partial charge < -0.3 is 30.3 Å². The Kier molecular flexibility index (Phi) is 10.2. The summed E-state index contributed by atoms with van der Waals surface area (Å²) < 4.78 is 10.5. The molecule has 1 heterocycles. The number of methoxy groups -OCH3 is 1. The average Bonchev–Trinajstić information content (AvgIpc) is 2.69. The number of rotatable bonds is 5. The SMILES string of the molecule is COc1ccc(CNC(=O)CN=C(N)N2CCN(C(=O)OC(C)(C)C)CC2)cc1.I. The molecule has 0 aromatic heterocycles. The molecule has 10 heteroatoms. The lowest BCUT2D eigenvalue weighted by atomic mass is 10.2. The molecule has 3 N–H and O–H groups in total. The van der Waals surface area contributed by atoms with Gasteiger partial charge in [0.05, 0.1) is 7.11 Å². The lowest BCUT2D eigenvalue weighted by Crippen LogP contribution is -2.53. The highest BCUT2D eigenvalue weighted by atomic mass is 127. The molecule has 1 saturated heterocycles. The number of carbonyl (C=O) groups excluding carboxylic acids is 2. The van der Waals surface area contributed by atoms with Crippen molar-refractivity contribution in [2.75, 3.05) is 39.8 Å². The summed E-state index contributed by atoms with van der Waals surface area (Å²) in [5, 5.41) is 2.81. The Hall–Kier alpha value is -2.24. The number of ether oxygens (including phenoxy) is 2. The van der Waals surface area contributed by atoms with Crippen LogP contribution in [0, 0.1) is 0 Å².